The van der Waals surface area contributed by atoms with Crippen LogP contribution in [0.1, 0.15) is 6.42 Å². The van der Waals surface area contributed by atoms with Gasteiger partial charge >= 0.3 is 0 Å². The number of morpholine rings is 1. The number of ether oxygens (including phenoxy) is 1. The quantitative estimate of drug-likeness (QED) is 0.635. The van der Waals surface area contributed by atoms with Crippen LogP contribution in [0.5, 0.6) is 0 Å². The maximum Gasteiger partial charge on any atom is 0.240 e. The Morgan fingerprint density at radius 2 is 1.93 bits per heavy atom. The van der Waals surface area contributed by atoms with Gasteiger partial charge in [0.1, 0.15) is 12.2 Å². The predicted molar refractivity (Wildman–Crippen MR) is 108 cm³/mol. The Balaban J connectivity index is 1.41. The van der Waals surface area contributed by atoms with Crippen LogP contribution in [0.15, 0.2) is 48.7 Å². The summed E-state index contributed by atoms with van der Waals surface area (Å²) in [7, 11) is 0. The lowest BCUT2D eigenvalue weighted by atomic mass is 10.3. The Bertz CT molecular complexity index is 919. The molecule has 28 heavy (non-hydrogen) atoms. The van der Waals surface area contributed by atoms with Crippen molar-refractivity contribution < 1.29 is 9.53 Å². The molecular weight excluding hydrogens is 354 g/mol. The number of hydrogen-bond acceptors (Lipinski definition) is 5. The van der Waals surface area contributed by atoms with Crippen LogP contribution in [0, 0.1) is 0 Å². The maximum atomic E-state index is 12.6. The molecule has 0 saturated carbocycles. The summed E-state index contributed by atoms with van der Waals surface area (Å²) in [5, 5.41) is 3.04. The lowest BCUT2D eigenvalue weighted by molar-refractivity contribution is -0.121. The normalized spacial score (nSPS) is 15.0. The number of rotatable bonds is 7. The van der Waals surface area contributed by atoms with Gasteiger partial charge in [0.15, 0.2) is 5.82 Å². The number of benzene rings is 1. The Morgan fingerprint density at radius 3 is 2.75 bits per heavy atom. The van der Waals surface area contributed by atoms with Crippen molar-refractivity contribution in [1.82, 2.24) is 24.8 Å². The summed E-state index contributed by atoms with van der Waals surface area (Å²) in [4.78, 5) is 24.1. The fraction of sp³-hybridized carbons (Fsp3) is 0.381. The van der Waals surface area contributed by atoms with E-state index in [4.69, 9.17) is 9.72 Å². The summed E-state index contributed by atoms with van der Waals surface area (Å²) >= 11 is 0. The summed E-state index contributed by atoms with van der Waals surface area (Å²) in [5.74, 6) is 0.701. The van der Waals surface area contributed by atoms with E-state index in [1.807, 2.05) is 47.0 Å². The molecule has 146 valence electrons. The van der Waals surface area contributed by atoms with E-state index >= 15 is 0 Å². The molecule has 1 N–H and O–H groups in total. The van der Waals surface area contributed by atoms with Crippen molar-refractivity contribution >= 4 is 16.9 Å². The molecule has 2 aromatic heterocycles. The minimum Gasteiger partial charge on any atom is -0.379 e. The number of carbonyl (C=O) groups excluding carboxylic acids is 1. The lowest BCUT2D eigenvalue weighted by Gasteiger charge is -2.26. The van der Waals surface area contributed by atoms with Gasteiger partial charge in [-0.25, -0.2) is 4.98 Å². The van der Waals surface area contributed by atoms with E-state index < -0.39 is 0 Å². The van der Waals surface area contributed by atoms with Crippen molar-refractivity contribution in [2.75, 3.05) is 39.4 Å². The second-order valence-corrected chi connectivity index (χ2v) is 6.88. The van der Waals surface area contributed by atoms with E-state index in [2.05, 4.69) is 15.2 Å². The average Bonchev–Trinajstić information content (AvgIpc) is 3.11. The van der Waals surface area contributed by atoms with Crippen molar-refractivity contribution in [3.05, 3.63) is 48.7 Å². The molecule has 4 rings (SSSR count). The van der Waals surface area contributed by atoms with Gasteiger partial charge in [0.05, 0.1) is 24.2 Å². The molecular formula is C21H25N5O2. The number of hydrogen-bond donors (Lipinski definition) is 1. The topological polar surface area (TPSA) is 72.3 Å². The van der Waals surface area contributed by atoms with Crippen LogP contribution >= 0.6 is 0 Å². The predicted octanol–water partition coefficient (Wildman–Crippen LogP) is 1.94. The number of aromatic nitrogens is 3. The molecule has 1 amide bonds. The largest absolute Gasteiger partial charge is 0.379 e. The number of nitrogens with one attached hydrogen (secondary N) is 1. The SMILES string of the molecule is O=C(Cn1c(-c2ccccn2)nc2ccccc21)NCCCN1CCOCC1. The third kappa shape index (κ3) is 4.37. The van der Waals surface area contributed by atoms with E-state index in [0.29, 0.717) is 12.4 Å². The zero-order valence-corrected chi connectivity index (χ0v) is 15.9. The summed E-state index contributed by atoms with van der Waals surface area (Å²) in [6.07, 6.45) is 2.67. The van der Waals surface area contributed by atoms with Gasteiger partial charge in [0.25, 0.3) is 0 Å². The molecule has 3 heterocycles. The van der Waals surface area contributed by atoms with Crippen molar-refractivity contribution in [3.8, 4) is 11.5 Å². The molecule has 0 atom stereocenters. The van der Waals surface area contributed by atoms with Crippen LogP contribution in [0.3, 0.4) is 0 Å². The summed E-state index contributed by atoms with van der Waals surface area (Å²) in [6.45, 7) is 5.43. The number of fused-ring (bicyclic) bond motifs is 1. The molecule has 0 aliphatic carbocycles. The number of carbonyl (C=O) groups is 1. The number of nitrogens with zero attached hydrogens (tertiary/aromatic N) is 4. The van der Waals surface area contributed by atoms with Crippen LogP contribution in [-0.2, 0) is 16.1 Å². The van der Waals surface area contributed by atoms with Gasteiger partial charge in [-0.2, -0.15) is 0 Å². The molecule has 3 aromatic rings. The van der Waals surface area contributed by atoms with Gasteiger partial charge in [-0.3, -0.25) is 14.7 Å². The highest BCUT2D eigenvalue weighted by molar-refractivity contribution is 5.84. The Hall–Kier alpha value is -2.77. The highest BCUT2D eigenvalue weighted by Gasteiger charge is 2.16. The molecule has 1 saturated heterocycles. The zero-order valence-electron chi connectivity index (χ0n) is 15.9. The van der Waals surface area contributed by atoms with Crippen LogP contribution in [0.2, 0.25) is 0 Å². The molecule has 0 unspecified atom stereocenters. The number of imidazole rings is 1. The van der Waals surface area contributed by atoms with Gasteiger partial charge in [-0.05, 0) is 37.2 Å². The highest BCUT2D eigenvalue weighted by atomic mass is 16.5. The Kier molecular flexibility index (Phi) is 5.94. The highest BCUT2D eigenvalue weighted by Crippen LogP contribution is 2.23. The Morgan fingerprint density at radius 1 is 1.11 bits per heavy atom. The van der Waals surface area contributed by atoms with Crippen molar-refractivity contribution in [2.45, 2.75) is 13.0 Å². The molecule has 1 fully saturated rings. The zero-order chi connectivity index (χ0) is 19.2. The lowest BCUT2D eigenvalue weighted by Crippen LogP contribution is -2.38. The van der Waals surface area contributed by atoms with Gasteiger partial charge in [-0.15, -0.1) is 0 Å². The van der Waals surface area contributed by atoms with Crippen LogP contribution < -0.4 is 5.32 Å². The molecule has 1 aliphatic rings. The van der Waals surface area contributed by atoms with E-state index in [1.165, 1.54) is 0 Å². The fourth-order valence-electron chi connectivity index (χ4n) is 3.48. The third-order valence-electron chi connectivity index (χ3n) is 4.93. The second kappa shape index (κ2) is 8.95. The summed E-state index contributed by atoms with van der Waals surface area (Å²) < 4.78 is 7.30. The van der Waals surface area contributed by atoms with Crippen LogP contribution in [0.25, 0.3) is 22.6 Å². The van der Waals surface area contributed by atoms with E-state index in [9.17, 15) is 4.79 Å². The minimum absolute atomic E-state index is 0.0117. The van der Waals surface area contributed by atoms with E-state index in [1.54, 1.807) is 6.20 Å². The monoisotopic (exact) mass is 379 g/mol. The minimum atomic E-state index is -0.0117. The molecule has 1 aliphatic heterocycles. The molecule has 0 spiro atoms. The summed E-state index contributed by atoms with van der Waals surface area (Å²) in [5.41, 5.74) is 2.56. The molecule has 0 radical (unpaired) electrons. The van der Waals surface area contributed by atoms with Gasteiger partial charge in [0.2, 0.25) is 5.91 Å². The first-order valence-corrected chi connectivity index (χ1v) is 9.75. The fourth-order valence-corrected chi connectivity index (χ4v) is 3.48. The van der Waals surface area contributed by atoms with Crippen molar-refractivity contribution in [3.63, 3.8) is 0 Å². The number of para-hydroxylation sites is 2. The molecule has 0 bridgehead atoms. The molecule has 1 aromatic carbocycles. The van der Waals surface area contributed by atoms with Gasteiger partial charge < -0.3 is 14.6 Å². The van der Waals surface area contributed by atoms with E-state index in [0.717, 1.165) is 56.0 Å². The standard InChI is InChI=1S/C21H25N5O2/c27-20(23-10-5-11-25-12-14-28-15-13-25)16-26-19-8-2-1-6-17(19)24-21(26)18-7-3-4-9-22-18/h1-4,6-9H,5,10-16H2,(H,23,27). The first-order valence-electron chi connectivity index (χ1n) is 9.75. The second-order valence-electron chi connectivity index (χ2n) is 6.88. The van der Waals surface area contributed by atoms with Gasteiger partial charge in [-0.1, -0.05) is 18.2 Å². The van der Waals surface area contributed by atoms with Crippen LogP contribution in [-0.4, -0.2) is 64.7 Å². The smallest absolute Gasteiger partial charge is 0.240 e. The van der Waals surface area contributed by atoms with Crippen molar-refractivity contribution in [2.24, 2.45) is 0 Å². The summed E-state index contributed by atoms with van der Waals surface area (Å²) in [6, 6.07) is 13.6. The van der Waals surface area contributed by atoms with Gasteiger partial charge in [0, 0.05) is 25.8 Å². The molecule has 7 nitrogen and oxygen atoms in total. The molecule has 7 heteroatoms. The van der Waals surface area contributed by atoms with E-state index in [-0.39, 0.29) is 12.5 Å². The average molecular weight is 379 g/mol. The number of amides is 1. The maximum absolute atomic E-state index is 12.6. The van der Waals surface area contributed by atoms with Crippen molar-refractivity contribution in [1.29, 1.82) is 0 Å². The first-order chi connectivity index (χ1) is 13.8. The first kappa shape index (κ1) is 18.6. The van der Waals surface area contributed by atoms with Crippen LogP contribution in [0.4, 0.5) is 0 Å². The number of pyridine rings is 1. The Labute approximate surface area is 164 Å². The third-order valence-corrected chi connectivity index (χ3v) is 4.93.